The van der Waals surface area contributed by atoms with Crippen LogP contribution in [0.5, 0.6) is 0 Å². The van der Waals surface area contributed by atoms with Crippen LogP contribution in [-0.4, -0.2) is 110 Å². The van der Waals surface area contributed by atoms with E-state index < -0.39 is 54.4 Å². The van der Waals surface area contributed by atoms with E-state index in [9.17, 15) is 45.5 Å². The number of aliphatic carboxylic acids is 2. The van der Waals surface area contributed by atoms with Gasteiger partial charge in [0.15, 0.2) is 12.1 Å². The molecule has 4 amide bonds. The van der Waals surface area contributed by atoms with Gasteiger partial charge in [-0.15, -0.1) is 0 Å². The number of carbonyl (C=O) groups excluding carboxylic acids is 6. The van der Waals surface area contributed by atoms with Crippen LogP contribution >= 0.6 is 0 Å². The van der Waals surface area contributed by atoms with Crippen LogP contribution in [0.3, 0.4) is 0 Å². The number of nitrogens with zero attached hydrogens (tertiary/aromatic N) is 1. The zero-order valence-electron chi connectivity index (χ0n) is 31.8. The van der Waals surface area contributed by atoms with Crippen LogP contribution in [0.1, 0.15) is 58.9 Å². The third kappa shape index (κ3) is 19.2. The maximum absolute atomic E-state index is 13.3. The standard InChI is InChI=1S/C31H50N6O5.2C2HF3O2/c1-20(2)19-24(36-30(40)26(33)21(3)4)29(39)35-23(13-9-10-16-32)28(38)34-17-18-37-25(27(42-5)31(37)41)15-14-22-11-7-6-8-12-22;2*3-2(4,5)1(6)7/h6-8,11-12,14-15,20-21,23-27H,9-10,13,16-19,32-33H2,1-5H3,(H,34,38)(H,35,39)(H,36,40);2*(H,6,7)/b15-14+;;/t23-,24-,25?,26+,27?;;/m0../s1. The quantitative estimate of drug-likeness (QED) is 0.0645. The van der Waals surface area contributed by atoms with Crippen molar-refractivity contribution >= 4 is 41.6 Å². The lowest BCUT2D eigenvalue weighted by molar-refractivity contribution is -0.414. The molecule has 318 valence electrons. The van der Waals surface area contributed by atoms with E-state index >= 15 is 0 Å². The van der Waals surface area contributed by atoms with Crippen molar-refractivity contribution in [3.8, 4) is 0 Å². The van der Waals surface area contributed by atoms with Crippen molar-refractivity contribution in [3.05, 3.63) is 42.0 Å². The Morgan fingerprint density at radius 1 is 0.875 bits per heavy atom. The van der Waals surface area contributed by atoms with Crippen molar-refractivity contribution in [2.75, 3.05) is 26.7 Å². The van der Waals surface area contributed by atoms with Gasteiger partial charge in [-0.05, 0) is 37.2 Å². The lowest BCUT2D eigenvalue weighted by atomic mass is 9.96. The molecule has 56 heavy (non-hydrogen) atoms. The predicted molar refractivity (Wildman–Crippen MR) is 183 cm³/mol. The molecule has 1 aromatic carbocycles. The van der Waals surface area contributed by atoms with Gasteiger partial charge in [0.05, 0.1) is 12.6 Å². The number of benzene rings is 1. The topological polar surface area (TPSA) is 252 Å². The molecular weight excluding hydrogens is 762 g/mol. The average molecular weight is 815 g/mol. The number of quaternary nitrogens is 2. The summed E-state index contributed by atoms with van der Waals surface area (Å²) in [5.41, 5.74) is 8.80. The van der Waals surface area contributed by atoms with Crippen LogP contribution in [0, 0.1) is 11.8 Å². The van der Waals surface area contributed by atoms with Gasteiger partial charge in [-0.1, -0.05) is 70.2 Å². The van der Waals surface area contributed by atoms with Crippen LogP contribution in [0.15, 0.2) is 36.4 Å². The fraction of sp³-hybridized carbons (Fsp3) is 0.600. The number of methoxy groups -OCH3 is 1. The van der Waals surface area contributed by atoms with Gasteiger partial charge in [-0.3, -0.25) is 19.2 Å². The van der Waals surface area contributed by atoms with E-state index in [0.29, 0.717) is 25.8 Å². The number of alkyl halides is 6. The molecule has 15 nitrogen and oxygen atoms in total. The summed E-state index contributed by atoms with van der Waals surface area (Å²) < 4.78 is 68.5. The Hall–Kier alpha value is -4.76. The van der Waals surface area contributed by atoms with Crippen molar-refractivity contribution in [2.24, 2.45) is 11.8 Å². The van der Waals surface area contributed by atoms with Gasteiger partial charge >= 0.3 is 12.4 Å². The average Bonchev–Trinajstić information content (AvgIpc) is 3.10. The summed E-state index contributed by atoms with van der Waals surface area (Å²) >= 11 is 0. The smallest absolute Gasteiger partial charge is 0.430 e. The summed E-state index contributed by atoms with van der Waals surface area (Å²) in [4.78, 5) is 71.1. The number of hydrogen-bond donors (Lipinski definition) is 5. The molecule has 0 spiro atoms. The largest absolute Gasteiger partial charge is 0.542 e. The highest BCUT2D eigenvalue weighted by atomic mass is 19.4. The van der Waals surface area contributed by atoms with E-state index in [2.05, 4.69) is 27.4 Å². The Morgan fingerprint density at radius 2 is 1.39 bits per heavy atom. The van der Waals surface area contributed by atoms with E-state index in [1.807, 2.05) is 70.2 Å². The SMILES string of the molecule is COC1C(=O)N(CCNC(=O)[C@H](CCCC[NH3+])NC(=O)[C@H](CC(C)C)NC(=O)[C@H]([NH3+])C(C)C)C1/C=C/c1ccccc1.O=C([O-])C(F)(F)F.O=C([O-])C(F)(F)F. The van der Waals surface area contributed by atoms with Crippen LogP contribution in [-0.2, 0) is 33.5 Å². The number of carboxylic acid groups (broad SMARTS) is 2. The van der Waals surface area contributed by atoms with Gasteiger partial charge in [0.1, 0.15) is 24.0 Å². The zero-order valence-corrected chi connectivity index (χ0v) is 31.8. The second-order valence-electron chi connectivity index (χ2n) is 13.3. The van der Waals surface area contributed by atoms with Gasteiger partial charge < -0.3 is 56.9 Å². The zero-order chi connectivity index (χ0) is 43.4. The third-order valence-electron chi connectivity index (χ3n) is 7.96. The normalized spacial score (nSPS) is 17.1. The molecule has 21 heteroatoms. The monoisotopic (exact) mass is 814 g/mol. The van der Waals surface area contributed by atoms with Crippen molar-refractivity contribution in [3.63, 3.8) is 0 Å². The lowest BCUT2D eigenvalue weighted by Gasteiger charge is -2.44. The van der Waals surface area contributed by atoms with Crippen molar-refractivity contribution in [1.29, 1.82) is 0 Å². The number of hydrogen-bond acceptors (Lipinski definition) is 9. The summed E-state index contributed by atoms with van der Waals surface area (Å²) in [5.74, 6) is -6.97. The maximum Gasteiger partial charge on any atom is 0.430 e. The van der Waals surface area contributed by atoms with Gasteiger partial charge in [0.2, 0.25) is 11.8 Å². The Labute approximate surface area is 320 Å². The van der Waals surface area contributed by atoms with E-state index in [1.165, 1.54) is 7.11 Å². The fourth-order valence-electron chi connectivity index (χ4n) is 4.79. The number of nitrogens with one attached hydrogen (secondary N) is 3. The molecule has 0 bridgehead atoms. The summed E-state index contributed by atoms with van der Waals surface area (Å²) in [5, 5.41) is 26.2. The Balaban J connectivity index is 0.00000182. The second kappa shape index (κ2) is 24.7. The first-order valence-corrected chi connectivity index (χ1v) is 17.5. The number of carbonyl (C=O) groups is 6. The molecule has 1 saturated heterocycles. The number of β-lactam (4-membered cyclic amide) rings is 1. The molecule has 1 aliphatic heterocycles. The minimum absolute atomic E-state index is 0.0276. The Bertz CT molecular complexity index is 1420. The number of amides is 4. The van der Waals surface area contributed by atoms with Gasteiger partial charge in [0.25, 0.3) is 11.8 Å². The molecule has 0 aromatic heterocycles. The molecule has 0 aliphatic carbocycles. The fourth-order valence-corrected chi connectivity index (χ4v) is 4.79. The van der Waals surface area contributed by atoms with Gasteiger partial charge in [-0.2, -0.15) is 26.3 Å². The lowest BCUT2D eigenvalue weighted by Crippen LogP contribution is -2.71. The minimum atomic E-state index is -5.19. The highest BCUT2D eigenvalue weighted by Crippen LogP contribution is 2.24. The summed E-state index contributed by atoms with van der Waals surface area (Å²) in [6.45, 7) is 9.02. The van der Waals surface area contributed by atoms with Crippen LogP contribution in [0.25, 0.3) is 6.08 Å². The van der Waals surface area contributed by atoms with E-state index in [1.54, 1.807) is 4.90 Å². The van der Waals surface area contributed by atoms with Crippen molar-refractivity contribution < 1.29 is 81.5 Å². The number of halogens is 6. The minimum Gasteiger partial charge on any atom is -0.542 e. The highest BCUT2D eigenvalue weighted by molar-refractivity contribution is 5.93. The Morgan fingerprint density at radius 3 is 1.84 bits per heavy atom. The molecule has 5 atom stereocenters. The van der Waals surface area contributed by atoms with Crippen molar-refractivity contribution in [1.82, 2.24) is 20.9 Å². The molecule has 2 rings (SSSR count). The molecule has 0 saturated carbocycles. The van der Waals surface area contributed by atoms with Gasteiger partial charge in [-0.25, -0.2) is 0 Å². The number of unbranched alkanes of at least 4 members (excludes halogenated alkanes) is 1. The van der Waals surface area contributed by atoms with Crippen LogP contribution in [0.2, 0.25) is 0 Å². The Kier molecular flexibility index (Phi) is 22.6. The van der Waals surface area contributed by atoms with Crippen LogP contribution < -0.4 is 37.6 Å². The molecule has 9 N–H and O–H groups in total. The second-order valence-corrected chi connectivity index (χ2v) is 13.3. The first-order valence-electron chi connectivity index (χ1n) is 17.5. The summed E-state index contributed by atoms with van der Waals surface area (Å²) in [6, 6.07) is 7.51. The third-order valence-corrected chi connectivity index (χ3v) is 7.96. The summed E-state index contributed by atoms with van der Waals surface area (Å²) in [7, 11) is 1.51. The van der Waals surface area contributed by atoms with E-state index in [0.717, 1.165) is 18.5 Å². The number of ether oxygens (including phenoxy) is 1. The predicted octanol–water partition coefficient (Wildman–Crippen LogP) is -1.67. The van der Waals surface area contributed by atoms with E-state index in [-0.39, 0.29) is 42.1 Å². The van der Waals surface area contributed by atoms with Crippen molar-refractivity contribution in [2.45, 2.75) is 96.0 Å². The molecule has 1 heterocycles. The molecule has 2 unspecified atom stereocenters. The maximum atomic E-state index is 13.3. The molecule has 0 radical (unpaired) electrons. The van der Waals surface area contributed by atoms with E-state index in [4.69, 9.17) is 24.5 Å². The highest BCUT2D eigenvalue weighted by Gasteiger charge is 2.45. The molecule has 1 aromatic rings. The summed E-state index contributed by atoms with van der Waals surface area (Å²) in [6.07, 6.45) is -4.65. The molecule has 1 fully saturated rings. The molecule has 1 aliphatic rings. The number of likely N-dealkylation sites (tertiary alicyclic amines) is 1. The van der Waals surface area contributed by atoms with Gasteiger partial charge in [0, 0.05) is 26.1 Å². The molecular formula is C35H52F6N6O9. The first kappa shape index (κ1) is 51.2. The van der Waals surface area contributed by atoms with Crippen LogP contribution in [0.4, 0.5) is 26.3 Å². The number of rotatable bonds is 18. The first-order chi connectivity index (χ1) is 25.9. The number of carboxylic acids is 2.